The number of amides is 2. The fraction of sp³-hybridized carbons (Fsp3) is 0.217. The molecule has 3 rings (SSSR count). The molecule has 0 fully saturated rings. The number of primary amides is 1. The molecule has 0 aliphatic heterocycles. The van der Waals surface area contributed by atoms with Gasteiger partial charge in [-0.3, -0.25) is 0 Å². The van der Waals surface area contributed by atoms with Crippen LogP contribution in [-0.2, 0) is 16.4 Å². The molecule has 34 heavy (non-hydrogen) atoms. The van der Waals surface area contributed by atoms with Crippen LogP contribution < -0.4 is 10.6 Å². The number of nitrogens with two attached hydrogens (primary N) is 1. The van der Waals surface area contributed by atoms with E-state index in [2.05, 4.69) is 4.98 Å². The Hall–Kier alpha value is -3.44. The van der Waals surface area contributed by atoms with Crippen LogP contribution in [0.3, 0.4) is 0 Å². The summed E-state index contributed by atoms with van der Waals surface area (Å²) in [7, 11) is -0.720. The average molecular weight is 493 g/mol. The van der Waals surface area contributed by atoms with Crippen LogP contribution in [0.25, 0.3) is 11.3 Å². The Morgan fingerprint density at radius 1 is 1.03 bits per heavy atom. The van der Waals surface area contributed by atoms with E-state index < -0.39 is 39.2 Å². The van der Waals surface area contributed by atoms with Gasteiger partial charge in [0.15, 0.2) is 0 Å². The van der Waals surface area contributed by atoms with Gasteiger partial charge in [0.1, 0.15) is 29.0 Å². The standard InChI is InChI=1S/C23H23F3N4O3S/c1-14-13-16(24)8-9-17(14)21-15(11-12-34(32,33)29(2)3)7-10-20(28-21)30(23(27)31)22-18(25)5-4-6-19(22)26/h4-10,13H,11-12H2,1-3H3,(H2,27,31). The zero-order chi connectivity index (χ0) is 25.2. The molecule has 0 atom stereocenters. The molecule has 180 valence electrons. The predicted molar refractivity (Wildman–Crippen MR) is 124 cm³/mol. The highest BCUT2D eigenvalue weighted by atomic mass is 32.2. The van der Waals surface area contributed by atoms with Gasteiger partial charge in [0.2, 0.25) is 10.0 Å². The van der Waals surface area contributed by atoms with Crippen molar-refractivity contribution in [2.45, 2.75) is 13.3 Å². The molecule has 0 saturated heterocycles. The van der Waals surface area contributed by atoms with Crippen molar-refractivity contribution >= 4 is 27.6 Å². The molecule has 3 aromatic rings. The highest BCUT2D eigenvalue weighted by Gasteiger charge is 2.26. The van der Waals surface area contributed by atoms with Crippen molar-refractivity contribution in [3.8, 4) is 11.3 Å². The molecule has 2 N–H and O–H groups in total. The summed E-state index contributed by atoms with van der Waals surface area (Å²) in [4.78, 5) is 17.2. The molecule has 2 amide bonds. The summed E-state index contributed by atoms with van der Waals surface area (Å²) in [6, 6.07) is 8.66. The second kappa shape index (κ2) is 9.82. The topological polar surface area (TPSA) is 96.6 Å². The van der Waals surface area contributed by atoms with Crippen LogP contribution in [0.5, 0.6) is 0 Å². The van der Waals surface area contributed by atoms with E-state index in [1.54, 1.807) is 6.92 Å². The Balaban J connectivity index is 2.20. The van der Waals surface area contributed by atoms with Crippen molar-refractivity contribution in [3.05, 3.63) is 77.1 Å². The number of nitrogens with zero attached hydrogens (tertiary/aromatic N) is 3. The fourth-order valence-electron chi connectivity index (χ4n) is 3.39. The maximum Gasteiger partial charge on any atom is 0.325 e. The molecular weight excluding hydrogens is 469 g/mol. The molecule has 0 saturated carbocycles. The summed E-state index contributed by atoms with van der Waals surface area (Å²) in [5.74, 6) is -2.96. The molecule has 11 heteroatoms. The van der Waals surface area contributed by atoms with Crippen LogP contribution in [0, 0.1) is 24.4 Å². The normalized spacial score (nSPS) is 11.6. The smallest absolute Gasteiger partial charge is 0.325 e. The highest BCUT2D eigenvalue weighted by molar-refractivity contribution is 7.89. The molecule has 1 aromatic heterocycles. The Bertz CT molecular complexity index is 1330. The molecule has 0 radical (unpaired) electrons. The number of anilines is 2. The molecule has 0 aliphatic rings. The summed E-state index contributed by atoms with van der Waals surface area (Å²) in [5, 5.41) is 0. The summed E-state index contributed by atoms with van der Waals surface area (Å²) in [6.45, 7) is 1.63. The second-order valence-corrected chi connectivity index (χ2v) is 10.0. The lowest BCUT2D eigenvalue weighted by Gasteiger charge is -2.22. The number of carbonyl (C=O) groups is 1. The number of aryl methyl sites for hydroxylation is 2. The van der Waals surface area contributed by atoms with Gasteiger partial charge in [-0.05, 0) is 60.9 Å². The molecule has 7 nitrogen and oxygen atoms in total. The number of benzene rings is 2. The zero-order valence-electron chi connectivity index (χ0n) is 18.7. The highest BCUT2D eigenvalue weighted by Crippen LogP contribution is 2.33. The van der Waals surface area contributed by atoms with E-state index in [9.17, 15) is 26.4 Å². The lowest BCUT2D eigenvalue weighted by molar-refractivity contribution is 0.255. The van der Waals surface area contributed by atoms with Gasteiger partial charge < -0.3 is 5.73 Å². The molecule has 0 bridgehead atoms. The number of urea groups is 1. The van der Waals surface area contributed by atoms with Crippen LogP contribution in [-0.4, -0.2) is 43.6 Å². The molecule has 0 unspecified atom stereocenters. The third-order valence-corrected chi connectivity index (χ3v) is 7.04. The SMILES string of the molecule is Cc1cc(F)ccc1-c1nc(N(C(N)=O)c2c(F)cccc2F)ccc1CCS(=O)(=O)N(C)C. The maximum atomic E-state index is 14.5. The van der Waals surface area contributed by atoms with Crippen LogP contribution in [0.15, 0.2) is 48.5 Å². The number of aromatic nitrogens is 1. The van der Waals surface area contributed by atoms with Gasteiger partial charge in [-0.1, -0.05) is 12.1 Å². The van der Waals surface area contributed by atoms with E-state index in [1.807, 2.05) is 0 Å². The number of hydrogen-bond donors (Lipinski definition) is 1. The molecular formula is C23H23F3N4O3S. The zero-order valence-corrected chi connectivity index (χ0v) is 19.5. The maximum absolute atomic E-state index is 14.5. The second-order valence-electron chi connectivity index (χ2n) is 7.73. The van der Waals surface area contributed by atoms with E-state index in [4.69, 9.17) is 5.73 Å². The van der Waals surface area contributed by atoms with Gasteiger partial charge >= 0.3 is 6.03 Å². The van der Waals surface area contributed by atoms with Crippen molar-refractivity contribution in [1.29, 1.82) is 0 Å². The minimum Gasteiger partial charge on any atom is -0.351 e. The summed E-state index contributed by atoms with van der Waals surface area (Å²) >= 11 is 0. The lowest BCUT2D eigenvalue weighted by Crippen LogP contribution is -2.33. The third kappa shape index (κ3) is 5.20. The summed E-state index contributed by atoms with van der Waals surface area (Å²) in [5.41, 5.74) is 6.39. The Kier molecular flexibility index (Phi) is 7.27. The number of halogens is 3. The van der Waals surface area contributed by atoms with Crippen molar-refractivity contribution in [2.75, 3.05) is 24.7 Å². The largest absolute Gasteiger partial charge is 0.351 e. The first-order valence-corrected chi connectivity index (χ1v) is 11.7. The Morgan fingerprint density at radius 2 is 1.68 bits per heavy atom. The summed E-state index contributed by atoms with van der Waals surface area (Å²) in [6.07, 6.45) is 0.0462. The van der Waals surface area contributed by atoms with Gasteiger partial charge in [0, 0.05) is 19.7 Å². The van der Waals surface area contributed by atoms with E-state index in [0.29, 0.717) is 21.6 Å². The van der Waals surface area contributed by atoms with Crippen LogP contribution >= 0.6 is 0 Å². The van der Waals surface area contributed by atoms with Gasteiger partial charge in [-0.15, -0.1) is 0 Å². The quantitative estimate of drug-likeness (QED) is 0.537. The van der Waals surface area contributed by atoms with E-state index in [0.717, 1.165) is 22.5 Å². The lowest BCUT2D eigenvalue weighted by atomic mass is 9.99. The van der Waals surface area contributed by atoms with Gasteiger partial charge in [-0.25, -0.2) is 40.6 Å². The Labute approximate surface area is 195 Å². The predicted octanol–water partition coefficient (Wildman–Crippen LogP) is 4.13. The number of rotatable bonds is 7. The van der Waals surface area contributed by atoms with Crippen molar-refractivity contribution in [3.63, 3.8) is 0 Å². The molecule has 2 aromatic carbocycles. The van der Waals surface area contributed by atoms with E-state index >= 15 is 0 Å². The van der Waals surface area contributed by atoms with E-state index in [-0.39, 0.29) is 23.7 Å². The Morgan fingerprint density at radius 3 is 2.24 bits per heavy atom. The molecule has 1 heterocycles. The van der Waals surface area contributed by atoms with E-state index in [1.165, 1.54) is 44.4 Å². The van der Waals surface area contributed by atoms with Gasteiger partial charge in [0.05, 0.1) is 11.4 Å². The monoisotopic (exact) mass is 492 g/mol. The first kappa shape index (κ1) is 25.2. The minimum absolute atomic E-state index is 0.0462. The van der Waals surface area contributed by atoms with Crippen LogP contribution in [0.1, 0.15) is 11.1 Å². The molecule has 0 aliphatic carbocycles. The number of pyridine rings is 1. The molecule has 0 spiro atoms. The number of sulfonamides is 1. The van der Waals surface area contributed by atoms with Crippen molar-refractivity contribution in [2.24, 2.45) is 5.73 Å². The first-order valence-electron chi connectivity index (χ1n) is 10.1. The minimum atomic E-state index is -3.54. The third-order valence-electron chi connectivity index (χ3n) is 5.20. The van der Waals surface area contributed by atoms with Crippen molar-refractivity contribution in [1.82, 2.24) is 9.29 Å². The first-order chi connectivity index (χ1) is 15.9. The average Bonchev–Trinajstić information content (AvgIpc) is 2.75. The number of carbonyl (C=O) groups excluding carboxylic acids is 1. The number of hydrogen-bond acceptors (Lipinski definition) is 4. The summed E-state index contributed by atoms with van der Waals surface area (Å²) < 4.78 is 68.3. The van der Waals surface area contributed by atoms with Crippen LogP contribution in [0.2, 0.25) is 0 Å². The van der Waals surface area contributed by atoms with Gasteiger partial charge in [0.25, 0.3) is 0 Å². The van der Waals surface area contributed by atoms with Crippen LogP contribution in [0.4, 0.5) is 29.5 Å². The fourth-order valence-corrected chi connectivity index (χ4v) is 4.23. The van der Waals surface area contributed by atoms with Gasteiger partial charge in [-0.2, -0.15) is 0 Å². The number of para-hydroxylation sites is 1. The van der Waals surface area contributed by atoms with Crippen molar-refractivity contribution < 1.29 is 26.4 Å².